The molecule has 0 spiro atoms. The molecule has 2 aliphatic carbocycles. The van der Waals surface area contributed by atoms with Crippen LogP contribution in [0.5, 0.6) is 0 Å². The van der Waals surface area contributed by atoms with Crippen LogP contribution in [0.3, 0.4) is 0 Å². The Kier molecular flexibility index (Phi) is 5.51. The maximum atomic E-state index is 13.3. The van der Waals surface area contributed by atoms with E-state index >= 15 is 0 Å². The first-order chi connectivity index (χ1) is 14.9. The summed E-state index contributed by atoms with van der Waals surface area (Å²) in [5, 5.41) is 19.2. The molecule has 2 N–H and O–H groups in total. The first-order valence-corrected chi connectivity index (χ1v) is 12.1. The molecule has 5 rings (SSSR count). The number of rotatable bonds is 6. The van der Waals surface area contributed by atoms with E-state index < -0.39 is 6.10 Å². The lowest BCUT2D eigenvalue weighted by Gasteiger charge is -2.42. The third-order valence-corrected chi connectivity index (χ3v) is 8.90. The van der Waals surface area contributed by atoms with Crippen LogP contribution in [-0.4, -0.2) is 56.6 Å². The van der Waals surface area contributed by atoms with E-state index in [0.29, 0.717) is 5.41 Å². The second kappa shape index (κ2) is 8.05. The molecule has 1 saturated heterocycles. The second-order valence-corrected chi connectivity index (χ2v) is 10.8. The number of imidazole rings is 1. The van der Waals surface area contributed by atoms with E-state index in [2.05, 4.69) is 18.7 Å². The highest BCUT2D eigenvalue weighted by atomic mass is 16.3. The fourth-order valence-electron chi connectivity index (χ4n) is 7.02. The highest BCUT2D eigenvalue weighted by Gasteiger charge is 2.52. The Bertz CT molecular complexity index is 986. The van der Waals surface area contributed by atoms with Crippen molar-refractivity contribution in [1.82, 2.24) is 14.0 Å². The van der Waals surface area contributed by atoms with Crippen LogP contribution in [0.1, 0.15) is 52.0 Å². The zero-order chi connectivity index (χ0) is 21.8. The summed E-state index contributed by atoms with van der Waals surface area (Å²) in [6, 6.07) is 8.02. The van der Waals surface area contributed by atoms with E-state index in [0.717, 1.165) is 54.7 Å². The molecule has 170 valence electrons. The molecule has 0 amide bonds. The van der Waals surface area contributed by atoms with Gasteiger partial charge in [0.25, 0.3) is 0 Å². The summed E-state index contributed by atoms with van der Waals surface area (Å²) in [6.07, 6.45) is 5.32. The highest BCUT2D eigenvalue weighted by Crippen LogP contribution is 2.59. The van der Waals surface area contributed by atoms with Gasteiger partial charge < -0.3 is 15.1 Å². The normalized spacial score (nSPS) is 29.7. The Morgan fingerprint density at radius 3 is 2.45 bits per heavy atom. The van der Waals surface area contributed by atoms with Gasteiger partial charge >= 0.3 is 5.69 Å². The van der Waals surface area contributed by atoms with Crippen LogP contribution in [0.25, 0.3) is 11.0 Å². The van der Waals surface area contributed by atoms with Gasteiger partial charge in [0.15, 0.2) is 0 Å². The minimum atomic E-state index is -0.927. The lowest BCUT2D eigenvalue weighted by atomic mass is 9.68. The number of aromatic nitrogens is 2. The van der Waals surface area contributed by atoms with Gasteiger partial charge in [0.2, 0.25) is 0 Å². The van der Waals surface area contributed by atoms with Gasteiger partial charge in [-0.3, -0.25) is 9.13 Å². The summed E-state index contributed by atoms with van der Waals surface area (Å²) >= 11 is 0. The lowest BCUT2D eigenvalue weighted by molar-refractivity contribution is 0.0643. The Morgan fingerprint density at radius 2 is 1.81 bits per heavy atom. The molecule has 4 unspecified atom stereocenters. The van der Waals surface area contributed by atoms with Gasteiger partial charge in [0, 0.05) is 25.7 Å². The van der Waals surface area contributed by atoms with Crippen molar-refractivity contribution < 1.29 is 10.2 Å². The number of aliphatic hydroxyl groups excluding tert-OH is 2. The molecule has 4 atom stereocenters. The topological polar surface area (TPSA) is 70.6 Å². The van der Waals surface area contributed by atoms with Gasteiger partial charge in [0.1, 0.15) is 0 Å². The summed E-state index contributed by atoms with van der Waals surface area (Å²) in [6.45, 7) is 8.05. The fraction of sp³-hybridized carbons (Fsp3) is 0.720. The molecule has 1 aromatic heterocycles. The van der Waals surface area contributed by atoms with Gasteiger partial charge in [-0.2, -0.15) is 0 Å². The van der Waals surface area contributed by atoms with E-state index in [4.69, 9.17) is 0 Å². The summed E-state index contributed by atoms with van der Waals surface area (Å²) in [5.74, 6) is 2.64. The molecule has 2 bridgehead atoms. The Labute approximate surface area is 184 Å². The molecule has 0 radical (unpaired) electrons. The maximum Gasteiger partial charge on any atom is 0.329 e. The van der Waals surface area contributed by atoms with Crippen LogP contribution in [-0.2, 0) is 6.54 Å². The quantitative estimate of drug-likeness (QED) is 0.744. The molecule has 31 heavy (non-hydrogen) atoms. The fourth-order valence-corrected chi connectivity index (χ4v) is 7.02. The third kappa shape index (κ3) is 3.57. The number of para-hydroxylation sites is 2. The van der Waals surface area contributed by atoms with Gasteiger partial charge in [-0.05, 0) is 67.4 Å². The lowest BCUT2D eigenvalue weighted by Crippen LogP contribution is -2.44. The Hall–Kier alpha value is -1.63. The van der Waals surface area contributed by atoms with Crippen molar-refractivity contribution in [3.63, 3.8) is 0 Å². The summed E-state index contributed by atoms with van der Waals surface area (Å²) in [5.41, 5.74) is 2.18. The SMILES string of the molecule is CC1(C)C2CCC(C2)C1CN1CCC(n2c(=O)n(CC(O)CO)c3ccccc32)CC1. The second-order valence-electron chi connectivity index (χ2n) is 10.8. The van der Waals surface area contributed by atoms with Crippen molar-refractivity contribution in [2.24, 2.45) is 23.2 Å². The van der Waals surface area contributed by atoms with Crippen LogP contribution in [0.4, 0.5) is 0 Å². The van der Waals surface area contributed by atoms with Crippen molar-refractivity contribution in [3.05, 3.63) is 34.7 Å². The first-order valence-electron chi connectivity index (χ1n) is 12.1. The van der Waals surface area contributed by atoms with Crippen molar-refractivity contribution in [2.45, 2.75) is 64.6 Å². The maximum absolute atomic E-state index is 13.3. The number of piperidine rings is 1. The third-order valence-electron chi connectivity index (χ3n) is 8.90. The number of benzene rings is 1. The largest absolute Gasteiger partial charge is 0.394 e. The number of likely N-dealkylation sites (tertiary alicyclic amines) is 1. The molecule has 2 aromatic rings. The molecule has 6 nitrogen and oxygen atoms in total. The Morgan fingerprint density at radius 1 is 1.10 bits per heavy atom. The smallest absolute Gasteiger partial charge is 0.329 e. The first kappa shape index (κ1) is 21.2. The number of nitrogens with zero attached hydrogens (tertiary/aromatic N) is 3. The molecule has 1 aliphatic heterocycles. The van der Waals surface area contributed by atoms with E-state index in [9.17, 15) is 15.0 Å². The van der Waals surface area contributed by atoms with E-state index in [1.807, 2.05) is 28.8 Å². The van der Waals surface area contributed by atoms with Crippen LogP contribution >= 0.6 is 0 Å². The van der Waals surface area contributed by atoms with Crippen LogP contribution in [0.2, 0.25) is 0 Å². The van der Waals surface area contributed by atoms with Crippen molar-refractivity contribution in [2.75, 3.05) is 26.2 Å². The van der Waals surface area contributed by atoms with Gasteiger partial charge in [-0.1, -0.05) is 26.0 Å². The minimum Gasteiger partial charge on any atom is -0.394 e. The minimum absolute atomic E-state index is 0.0682. The van der Waals surface area contributed by atoms with Crippen molar-refractivity contribution in [3.8, 4) is 0 Å². The average Bonchev–Trinajstić information content (AvgIpc) is 3.42. The van der Waals surface area contributed by atoms with Crippen molar-refractivity contribution >= 4 is 11.0 Å². The number of aliphatic hydroxyl groups is 2. The molecule has 3 fully saturated rings. The van der Waals surface area contributed by atoms with E-state index in [1.54, 1.807) is 4.57 Å². The average molecular weight is 428 g/mol. The standard InChI is InChI=1S/C25H37N3O3/c1-25(2)18-8-7-17(13-18)21(25)15-26-11-9-19(10-12-26)28-23-6-4-3-5-22(23)27(24(28)31)14-20(30)16-29/h3-6,17-21,29-30H,7-16H2,1-2H3. The van der Waals surface area contributed by atoms with E-state index in [-0.39, 0.29) is 24.9 Å². The molecule has 2 heterocycles. The van der Waals surface area contributed by atoms with Crippen LogP contribution in [0, 0.1) is 23.2 Å². The number of fused-ring (bicyclic) bond motifs is 3. The van der Waals surface area contributed by atoms with Crippen molar-refractivity contribution in [1.29, 1.82) is 0 Å². The highest BCUT2D eigenvalue weighted by molar-refractivity contribution is 5.76. The van der Waals surface area contributed by atoms with Crippen LogP contribution < -0.4 is 5.69 Å². The van der Waals surface area contributed by atoms with Crippen LogP contribution in [0.15, 0.2) is 29.1 Å². The zero-order valence-corrected chi connectivity index (χ0v) is 18.9. The summed E-state index contributed by atoms with van der Waals surface area (Å²) < 4.78 is 3.57. The molecule has 3 aliphatic rings. The zero-order valence-electron chi connectivity index (χ0n) is 18.9. The molecule has 6 heteroatoms. The number of hydrogen-bond acceptors (Lipinski definition) is 4. The Balaban J connectivity index is 1.32. The number of hydrogen-bond donors (Lipinski definition) is 2. The van der Waals surface area contributed by atoms with Gasteiger partial charge in [-0.15, -0.1) is 0 Å². The molecule has 1 aromatic carbocycles. The van der Waals surface area contributed by atoms with E-state index in [1.165, 1.54) is 25.8 Å². The predicted octanol–water partition coefficient (Wildman–Crippen LogP) is 2.87. The molecular weight excluding hydrogens is 390 g/mol. The van der Waals surface area contributed by atoms with Gasteiger partial charge in [-0.25, -0.2) is 4.79 Å². The summed E-state index contributed by atoms with van der Waals surface area (Å²) in [7, 11) is 0. The van der Waals surface area contributed by atoms with Gasteiger partial charge in [0.05, 0.1) is 30.3 Å². The monoisotopic (exact) mass is 427 g/mol. The molecule has 2 saturated carbocycles. The molecular formula is C25H37N3O3. The predicted molar refractivity (Wildman–Crippen MR) is 122 cm³/mol. The summed E-state index contributed by atoms with van der Waals surface area (Å²) in [4.78, 5) is 15.9.